The SMILES string of the molecule is CCSc1ccc(-c2cc3cc(-c4cnc(OC)c(NSc5ccccc5)c4)ccc3nc2N)cc1. The van der Waals surface area contributed by atoms with Gasteiger partial charge in [0.25, 0.3) is 0 Å². The van der Waals surface area contributed by atoms with E-state index in [0.29, 0.717) is 11.7 Å². The lowest BCUT2D eigenvalue weighted by atomic mass is 10.0. The number of nitrogen functional groups attached to an aromatic ring is 1. The van der Waals surface area contributed by atoms with Gasteiger partial charge >= 0.3 is 0 Å². The summed E-state index contributed by atoms with van der Waals surface area (Å²) in [5.74, 6) is 2.12. The van der Waals surface area contributed by atoms with E-state index >= 15 is 0 Å². The number of pyridine rings is 2. The van der Waals surface area contributed by atoms with Crippen molar-refractivity contribution in [1.82, 2.24) is 9.97 Å². The zero-order valence-electron chi connectivity index (χ0n) is 20.1. The molecule has 2 aromatic heterocycles. The molecule has 5 aromatic rings. The van der Waals surface area contributed by atoms with Gasteiger partial charge in [-0.2, -0.15) is 0 Å². The van der Waals surface area contributed by atoms with Crippen LogP contribution in [0.3, 0.4) is 0 Å². The van der Waals surface area contributed by atoms with Crippen molar-refractivity contribution >= 4 is 46.1 Å². The molecule has 5 rings (SSSR count). The number of fused-ring (bicyclic) bond motifs is 1. The molecule has 2 heterocycles. The molecule has 0 bridgehead atoms. The number of thioether (sulfide) groups is 1. The first kappa shape index (κ1) is 24.0. The lowest BCUT2D eigenvalue weighted by Gasteiger charge is -2.12. The van der Waals surface area contributed by atoms with Crippen LogP contribution in [-0.2, 0) is 0 Å². The molecule has 0 spiro atoms. The Morgan fingerprint density at radius 1 is 0.861 bits per heavy atom. The molecule has 0 aliphatic rings. The van der Waals surface area contributed by atoms with Gasteiger partial charge in [-0.25, -0.2) is 9.97 Å². The number of nitrogens with two attached hydrogens (primary N) is 1. The first-order chi connectivity index (χ1) is 17.6. The van der Waals surface area contributed by atoms with Crippen molar-refractivity contribution in [3.63, 3.8) is 0 Å². The zero-order chi connectivity index (χ0) is 24.9. The van der Waals surface area contributed by atoms with E-state index in [1.807, 2.05) is 48.3 Å². The summed E-state index contributed by atoms with van der Waals surface area (Å²) in [6, 6.07) is 29.0. The van der Waals surface area contributed by atoms with Crippen LogP contribution in [0, 0.1) is 0 Å². The van der Waals surface area contributed by atoms with Crippen LogP contribution in [0.2, 0.25) is 0 Å². The van der Waals surface area contributed by atoms with Crippen LogP contribution in [0.1, 0.15) is 6.92 Å². The van der Waals surface area contributed by atoms with Gasteiger partial charge in [0.05, 0.1) is 12.6 Å². The van der Waals surface area contributed by atoms with Crippen LogP contribution in [0.25, 0.3) is 33.2 Å². The number of anilines is 2. The number of rotatable bonds is 8. The van der Waals surface area contributed by atoms with Gasteiger partial charge in [0.15, 0.2) is 0 Å². The zero-order valence-corrected chi connectivity index (χ0v) is 21.7. The minimum atomic E-state index is 0.529. The van der Waals surface area contributed by atoms with Crippen molar-refractivity contribution in [1.29, 1.82) is 0 Å². The molecule has 0 unspecified atom stereocenters. The highest BCUT2D eigenvalue weighted by Gasteiger charge is 2.11. The lowest BCUT2D eigenvalue weighted by molar-refractivity contribution is 0.400. The van der Waals surface area contributed by atoms with Gasteiger partial charge in [0.2, 0.25) is 5.88 Å². The Morgan fingerprint density at radius 3 is 2.39 bits per heavy atom. The lowest BCUT2D eigenvalue weighted by Crippen LogP contribution is -1.97. The number of hydrogen-bond acceptors (Lipinski definition) is 7. The fourth-order valence-corrected chi connectivity index (χ4v) is 5.28. The summed E-state index contributed by atoms with van der Waals surface area (Å²) in [4.78, 5) is 11.6. The molecule has 0 amide bonds. The molecule has 0 atom stereocenters. The molecule has 0 saturated heterocycles. The molecular weight excluding hydrogens is 484 g/mol. The summed E-state index contributed by atoms with van der Waals surface area (Å²) >= 11 is 3.34. The molecule has 0 aliphatic heterocycles. The number of benzene rings is 3. The molecule has 0 aliphatic carbocycles. The number of hydrogen-bond donors (Lipinski definition) is 2. The van der Waals surface area contributed by atoms with E-state index < -0.39 is 0 Å². The summed E-state index contributed by atoms with van der Waals surface area (Å²) in [5.41, 5.74) is 12.0. The largest absolute Gasteiger partial charge is 0.480 e. The number of nitrogens with zero attached hydrogens (tertiary/aromatic N) is 2. The molecule has 180 valence electrons. The first-order valence-electron chi connectivity index (χ1n) is 11.6. The minimum absolute atomic E-state index is 0.529. The van der Waals surface area contributed by atoms with E-state index in [1.54, 1.807) is 7.11 Å². The molecule has 3 N–H and O–H groups in total. The quantitative estimate of drug-likeness (QED) is 0.163. The summed E-state index contributed by atoms with van der Waals surface area (Å²) in [6.45, 7) is 2.15. The molecule has 7 heteroatoms. The molecule has 5 nitrogen and oxygen atoms in total. The van der Waals surface area contributed by atoms with E-state index in [0.717, 1.165) is 49.5 Å². The predicted molar refractivity (Wildman–Crippen MR) is 154 cm³/mol. The number of nitrogens with one attached hydrogen (secondary N) is 1. The van der Waals surface area contributed by atoms with Gasteiger partial charge in [-0.3, -0.25) is 0 Å². The van der Waals surface area contributed by atoms with Crippen molar-refractivity contribution < 1.29 is 4.74 Å². The molecule has 3 aromatic carbocycles. The summed E-state index contributed by atoms with van der Waals surface area (Å²) in [7, 11) is 1.63. The van der Waals surface area contributed by atoms with Crippen LogP contribution in [0.15, 0.2) is 101 Å². The van der Waals surface area contributed by atoms with Crippen LogP contribution >= 0.6 is 23.7 Å². The second kappa shape index (κ2) is 10.9. The molecule has 0 fully saturated rings. The Kier molecular flexibility index (Phi) is 7.30. The smallest absolute Gasteiger partial charge is 0.237 e. The average molecular weight is 511 g/mol. The Labute approximate surface area is 219 Å². The first-order valence-corrected chi connectivity index (χ1v) is 13.4. The topological polar surface area (TPSA) is 73.1 Å². The minimum Gasteiger partial charge on any atom is -0.480 e. The van der Waals surface area contributed by atoms with Gasteiger partial charge in [-0.15, -0.1) is 11.8 Å². The fraction of sp³-hybridized carbons (Fsp3) is 0.103. The Bertz CT molecular complexity index is 1490. The van der Waals surface area contributed by atoms with Gasteiger partial charge < -0.3 is 15.2 Å². The van der Waals surface area contributed by atoms with E-state index in [-0.39, 0.29) is 0 Å². The predicted octanol–water partition coefficient (Wildman–Crippen LogP) is 7.79. The van der Waals surface area contributed by atoms with Crippen molar-refractivity contribution in [2.75, 3.05) is 23.3 Å². The Balaban J connectivity index is 1.47. The fourth-order valence-electron chi connectivity index (χ4n) is 3.95. The highest BCUT2D eigenvalue weighted by molar-refractivity contribution is 8.00. The van der Waals surface area contributed by atoms with Gasteiger partial charge in [0.1, 0.15) is 11.5 Å². The number of ether oxygens (including phenoxy) is 1. The number of methoxy groups -OCH3 is 1. The van der Waals surface area contributed by atoms with Crippen LogP contribution in [0.5, 0.6) is 5.88 Å². The third-order valence-electron chi connectivity index (χ3n) is 5.72. The molecule has 0 radical (unpaired) electrons. The van der Waals surface area contributed by atoms with Crippen LogP contribution in [-0.4, -0.2) is 22.8 Å². The van der Waals surface area contributed by atoms with Crippen molar-refractivity contribution in [2.24, 2.45) is 0 Å². The maximum Gasteiger partial charge on any atom is 0.237 e. The molecule has 0 saturated carbocycles. The van der Waals surface area contributed by atoms with Crippen molar-refractivity contribution in [3.05, 3.63) is 91.1 Å². The van der Waals surface area contributed by atoms with Crippen LogP contribution < -0.4 is 15.2 Å². The molecular formula is C29H26N4OS2. The van der Waals surface area contributed by atoms with E-state index in [4.69, 9.17) is 10.5 Å². The summed E-state index contributed by atoms with van der Waals surface area (Å²) in [5, 5.41) is 1.02. The van der Waals surface area contributed by atoms with Crippen molar-refractivity contribution in [3.8, 4) is 28.1 Å². The van der Waals surface area contributed by atoms with Gasteiger partial charge in [0, 0.05) is 32.5 Å². The highest BCUT2D eigenvalue weighted by atomic mass is 32.2. The summed E-state index contributed by atoms with van der Waals surface area (Å²) < 4.78 is 8.86. The third-order valence-corrected chi connectivity index (χ3v) is 7.44. The summed E-state index contributed by atoms with van der Waals surface area (Å²) in [6.07, 6.45) is 1.83. The van der Waals surface area contributed by atoms with Crippen molar-refractivity contribution in [2.45, 2.75) is 16.7 Å². The van der Waals surface area contributed by atoms with E-state index in [9.17, 15) is 0 Å². The third kappa shape index (κ3) is 5.27. The standard InChI is InChI=1S/C29H26N4OS2/c1-3-35-23-12-9-19(10-13-23)25-16-21-15-20(11-14-26(21)32-28(25)30)22-17-27(29(34-2)31-18-22)33-36-24-7-5-4-6-8-24/h4-18,33H,3H2,1-2H3,(H2,30,32). The Morgan fingerprint density at radius 2 is 1.64 bits per heavy atom. The van der Waals surface area contributed by atoms with Gasteiger partial charge in [-0.1, -0.05) is 43.3 Å². The normalized spacial score (nSPS) is 10.9. The molecule has 36 heavy (non-hydrogen) atoms. The van der Waals surface area contributed by atoms with Crippen LogP contribution in [0.4, 0.5) is 11.5 Å². The number of aromatic nitrogens is 2. The monoisotopic (exact) mass is 510 g/mol. The maximum absolute atomic E-state index is 6.35. The second-order valence-corrected chi connectivity index (χ2v) is 10.3. The van der Waals surface area contributed by atoms with E-state index in [2.05, 4.69) is 76.2 Å². The highest BCUT2D eigenvalue weighted by Crippen LogP contribution is 2.35. The Hall–Kier alpha value is -3.68. The van der Waals surface area contributed by atoms with E-state index in [1.165, 1.54) is 16.8 Å². The van der Waals surface area contributed by atoms with Gasteiger partial charge in [-0.05, 0) is 77.4 Å². The maximum atomic E-state index is 6.35. The average Bonchev–Trinajstić information content (AvgIpc) is 2.92. The second-order valence-electron chi connectivity index (χ2n) is 8.08.